The lowest BCUT2D eigenvalue weighted by atomic mass is 10.3. The lowest BCUT2D eigenvalue weighted by Crippen LogP contribution is -2.35. The fourth-order valence-corrected chi connectivity index (χ4v) is 3.40. The van der Waals surface area contributed by atoms with Gasteiger partial charge in [-0.25, -0.2) is 4.79 Å². The molecule has 0 aliphatic carbocycles. The van der Waals surface area contributed by atoms with E-state index in [1.165, 1.54) is 22.6 Å². The molecule has 7 nitrogen and oxygen atoms in total. The third kappa shape index (κ3) is 4.93. The van der Waals surface area contributed by atoms with Crippen LogP contribution in [-0.2, 0) is 16.1 Å². The van der Waals surface area contributed by atoms with Gasteiger partial charge in [0.05, 0.1) is 27.8 Å². The van der Waals surface area contributed by atoms with Gasteiger partial charge in [0.1, 0.15) is 0 Å². The number of carbonyl (C=O) groups is 2. The minimum absolute atomic E-state index is 0.00773. The third-order valence-corrected chi connectivity index (χ3v) is 5.08. The van der Waals surface area contributed by atoms with Crippen molar-refractivity contribution in [3.8, 4) is 0 Å². The summed E-state index contributed by atoms with van der Waals surface area (Å²) in [6, 6.07) is 9.67. The summed E-state index contributed by atoms with van der Waals surface area (Å²) in [5.74, 6) is -1.35. The summed E-state index contributed by atoms with van der Waals surface area (Å²) in [5, 5.41) is 3.63. The zero-order chi connectivity index (χ0) is 21.1. The standard InChI is InChI=1S/C19H16Cl3N3O4/c1-24(10-16(26)23-18-12(21)3-2-4-13(18)22)17(27)7-8-25-14-6-5-11(20)9-15(14)29-19(25)28/h2-6,9H,7-8,10H2,1H3,(H,23,26). The van der Waals surface area contributed by atoms with E-state index in [0.717, 1.165) is 0 Å². The van der Waals surface area contributed by atoms with E-state index in [1.807, 2.05) is 0 Å². The molecule has 2 aromatic carbocycles. The molecule has 0 atom stereocenters. The van der Waals surface area contributed by atoms with Crippen molar-refractivity contribution in [2.75, 3.05) is 18.9 Å². The summed E-state index contributed by atoms with van der Waals surface area (Å²) >= 11 is 17.9. The average molecular weight is 457 g/mol. The monoisotopic (exact) mass is 455 g/mol. The molecule has 29 heavy (non-hydrogen) atoms. The van der Waals surface area contributed by atoms with Crippen LogP contribution in [0.4, 0.5) is 5.69 Å². The molecule has 1 N–H and O–H groups in total. The number of anilines is 1. The summed E-state index contributed by atoms with van der Waals surface area (Å²) in [7, 11) is 1.49. The van der Waals surface area contributed by atoms with Crippen molar-refractivity contribution in [3.05, 3.63) is 62.0 Å². The molecule has 0 spiro atoms. The first-order chi connectivity index (χ1) is 13.8. The summed E-state index contributed by atoms with van der Waals surface area (Å²) < 4.78 is 6.48. The smallest absolute Gasteiger partial charge is 0.408 e. The van der Waals surface area contributed by atoms with Gasteiger partial charge in [-0.3, -0.25) is 14.2 Å². The van der Waals surface area contributed by atoms with Crippen LogP contribution in [0.25, 0.3) is 11.1 Å². The number of aryl methyl sites for hydroxylation is 1. The molecule has 0 bridgehead atoms. The number of nitrogens with zero attached hydrogens (tertiary/aromatic N) is 2. The molecule has 0 unspecified atom stereocenters. The number of likely N-dealkylation sites (N-methyl/N-ethyl adjacent to an activating group) is 1. The number of rotatable bonds is 6. The van der Waals surface area contributed by atoms with E-state index in [9.17, 15) is 14.4 Å². The van der Waals surface area contributed by atoms with Gasteiger partial charge in [0.25, 0.3) is 0 Å². The molecule has 0 aliphatic heterocycles. The van der Waals surface area contributed by atoms with Crippen LogP contribution in [0.15, 0.2) is 45.6 Å². The third-order valence-electron chi connectivity index (χ3n) is 4.21. The largest absolute Gasteiger partial charge is 0.419 e. The second kappa shape index (κ2) is 8.90. The predicted octanol–water partition coefficient (Wildman–Crippen LogP) is 4.04. The second-order valence-corrected chi connectivity index (χ2v) is 7.53. The van der Waals surface area contributed by atoms with E-state index < -0.39 is 11.7 Å². The predicted molar refractivity (Wildman–Crippen MR) is 113 cm³/mol. The average Bonchev–Trinajstić information content (AvgIpc) is 2.96. The van der Waals surface area contributed by atoms with Crippen LogP contribution < -0.4 is 11.1 Å². The van der Waals surface area contributed by atoms with Gasteiger partial charge in [0.15, 0.2) is 5.58 Å². The Balaban J connectivity index is 1.60. The molecule has 0 saturated heterocycles. The molecule has 1 aromatic heterocycles. The molecule has 0 fully saturated rings. The number of halogens is 3. The van der Waals surface area contributed by atoms with Crippen LogP contribution in [0, 0.1) is 0 Å². The highest BCUT2D eigenvalue weighted by Gasteiger charge is 2.17. The Hall–Kier alpha value is -2.48. The molecule has 2 amide bonds. The van der Waals surface area contributed by atoms with Crippen molar-refractivity contribution < 1.29 is 14.0 Å². The molecular formula is C19H16Cl3N3O4. The van der Waals surface area contributed by atoms with Gasteiger partial charge in [-0.15, -0.1) is 0 Å². The SMILES string of the molecule is CN(CC(=O)Nc1c(Cl)cccc1Cl)C(=O)CCn1c(=O)oc2cc(Cl)ccc21. The van der Waals surface area contributed by atoms with Crippen molar-refractivity contribution in [1.82, 2.24) is 9.47 Å². The van der Waals surface area contributed by atoms with Gasteiger partial charge in [0, 0.05) is 31.1 Å². The van der Waals surface area contributed by atoms with E-state index in [4.69, 9.17) is 39.2 Å². The number of hydrogen-bond donors (Lipinski definition) is 1. The van der Waals surface area contributed by atoms with Crippen LogP contribution in [-0.4, -0.2) is 34.9 Å². The van der Waals surface area contributed by atoms with E-state index in [-0.39, 0.29) is 31.1 Å². The van der Waals surface area contributed by atoms with Gasteiger partial charge in [-0.05, 0) is 24.3 Å². The summed E-state index contributed by atoms with van der Waals surface area (Å²) in [5.41, 5.74) is 1.18. The minimum atomic E-state index is -0.580. The highest BCUT2D eigenvalue weighted by Crippen LogP contribution is 2.29. The molecule has 3 aromatic rings. The Morgan fingerprint density at radius 2 is 1.83 bits per heavy atom. The van der Waals surface area contributed by atoms with Crippen molar-refractivity contribution in [1.29, 1.82) is 0 Å². The number of aromatic nitrogens is 1. The van der Waals surface area contributed by atoms with Crippen molar-refractivity contribution >= 4 is 63.4 Å². The Morgan fingerprint density at radius 1 is 1.14 bits per heavy atom. The Morgan fingerprint density at radius 3 is 2.52 bits per heavy atom. The van der Waals surface area contributed by atoms with Crippen LogP contribution in [0.2, 0.25) is 15.1 Å². The van der Waals surface area contributed by atoms with Crippen LogP contribution >= 0.6 is 34.8 Å². The highest BCUT2D eigenvalue weighted by molar-refractivity contribution is 6.39. The fraction of sp³-hybridized carbons (Fsp3) is 0.211. The van der Waals surface area contributed by atoms with Gasteiger partial charge in [-0.1, -0.05) is 40.9 Å². The maximum absolute atomic E-state index is 12.4. The lowest BCUT2D eigenvalue weighted by molar-refractivity contribution is -0.133. The van der Waals surface area contributed by atoms with Crippen molar-refractivity contribution in [3.63, 3.8) is 0 Å². The number of benzene rings is 2. The van der Waals surface area contributed by atoms with Crippen molar-refractivity contribution in [2.45, 2.75) is 13.0 Å². The van der Waals surface area contributed by atoms with Gasteiger partial charge < -0.3 is 14.6 Å². The number of oxazole rings is 1. The number of fused-ring (bicyclic) bond motifs is 1. The van der Waals surface area contributed by atoms with Crippen molar-refractivity contribution in [2.24, 2.45) is 0 Å². The first-order valence-corrected chi connectivity index (χ1v) is 9.66. The van der Waals surface area contributed by atoms with E-state index in [2.05, 4.69) is 5.32 Å². The zero-order valence-corrected chi connectivity index (χ0v) is 17.5. The second-order valence-electron chi connectivity index (χ2n) is 6.28. The van der Waals surface area contributed by atoms with E-state index in [0.29, 0.717) is 26.2 Å². The first kappa shape index (κ1) is 21.2. The summed E-state index contributed by atoms with van der Waals surface area (Å²) in [4.78, 5) is 37.9. The van der Waals surface area contributed by atoms with E-state index >= 15 is 0 Å². The molecule has 0 saturated carbocycles. The molecule has 0 radical (unpaired) electrons. The fourth-order valence-electron chi connectivity index (χ4n) is 2.75. The van der Waals surface area contributed by atoms with Gasteiger partial charge >= 0.3 is 5.76 Å². The number of carbonyl (C=O) groups excluding carboxylic acids is 2. The van der Waals surface area contributed by atoms with Crippen LogP contribution in [0.3, 0.4) is 0 Å². The normalized spacial score (nSPS) is 10.9. The Bertz CT molecular complexity index is 1120. The molecule has 1 heterocycles. The van der Waals surface area contributed by atoms with Gasteiger partial charge in [0.2, 0.25) is 11.8 Å². The van der Waals surface area contributed by atoms with Gasteiger partial charge in [-0.2, -0.15) is 0 Å². The van der Waals surface area contributed by atoms with E-state index in [1.54, 1.807) is 30.3 Å². The minimum Gasteiger partial charge on any atom is -0.408 e. The summed E-state index contributed by atoms with van der Waals surface area (Å²) in [6.07, 6.45) is 0.00773. The molecule has 3 rings (SSSR count). The molecular weight excluding hydrogens is 441 g/mol. The maximum atomic E-state index is 12.4. The zero-order valence-electron chi connectivity index (χ0n) is 15.2. The lowest BCUT2D eigenvalue weighted by Gasteiger charge is -2.17. The molecule has 10 heteroatoms. The highest BCUT2D eigenvalue weighted by atomic mass is 35.5. The molecule has 152 valence electrons. The first-order valence-electron chi connectivity index (χ1n) is 8.53. The maximum Gasteiger partial charge on any atom is 0.419 e. The molecule has 0 aliphatic rings. The number of para-hydroxylation sites is 1. The number of amides is 2. The van der Waals surface area contributed by atoms with Crippen LogP contribution in [0.1, 0.15) is 6.42 Å². The Labute approximate surface area is 180 Å². The number of nitrogens with one attached hydrogen (secondary N) is 1. The van der Waals surface area contributed by atoms with Crippen LogP contribution in [0.5, 0.6) is 0 Å². The summed E-state index contributed by atoms with van der Waals surface area (Å²) in [6.45, 7) is -0.0916. The topological polar surface area (TPSA) is 84.5 Å². The Kier molecular flexibility index (Phi) is 6.52. The number of hydrogen-bond acceptors (Lipinski definition) is 4. The quantitative estimate of drug-likeness (QED) is 0.607.